The van der Waals surface area contributed by atoms with E-state index < -0.39 is 12.2 Å². The van der Waals surface area contributed by atoms with Crippen molar-refractivity contribution in [3.8, 4) is 12.3 Å². The normalized spacial score (nSPS) is 21.7. The molecule has 0 radical (unpaired) electrons. The van der Waals surface area contributed by atoms with Gasteiger partial charge in [-0.25, -0.2) is 9.80 Å². The second kappa shape index (κ2) is 10.0. The lowest BCUT2D eigenvalue weighted by Crippen LogP contribution is -2.77. The minimum Gasteiger partial charge on any atom is -0.337 e. The Morgan fingerprint density at radius 1 is 1.19 bits per heavy atom. The largest absolute Gasteiger partial charge is 0.337 e. The summed E-state index contributed by atoms with van der Waals surface area (Å²) in [6, 6.07) is 8.66. The van der Waals surface area contributed by atoms with Crippen LogP contribution in [-0.2, 0) is 16.1 Å². The summed E-state index contributed by atoms with van der Waals surface area (Å²) in [6.07, 6.45) is 4.94. The summed E-state index contributed by atoms with van der Waals surface area (Å²) >= 11 is 0. The molecule has 0 spiro atoms. The zero-order valence-electron chi connectivity index (χ0n) is 19.3. The van der Waals surface area contributed by atoms with E-state index in [-0.39, 0.29) is 49.3 Å². The first-order chi connectivity index (χ1) is 15.2. The van der Waals surface area contributed by atoms with Gasteiger partial charge in [0.25, 0.3) is 0 Å². The van der Waals surface area contributed by atoms with Gasteiger partial charge in [-0.2, -0.15) is 5.01 Å². The van der Waals surface area contributed by atoms with Gasteiger partial charge in [0.15, 0.2) is 0 Å². The van der Waals surface area contributed by atoms with Crippen molar-refractivity contribution in [2.24, 2.45) is 11.8 Å². The Bertz CT molecular complexity index is 879. The number of piperazine rings is 1. The Kier molecular flexibility index (Phi) is 7.41. The minimum absolute atomic E-state index is 0.0415. The first kappa shape index (κ1) is 23.6. The zero-order chi connectivity index (χ0) is 23.4. The van der Waals surface area contributed by atoms with Crippen LogP contribution in [0.4, 0.5) is 4.79 Å². The van der Waals surface area contributed by atoms with Crippen LogP contribution in [0.25, 0.3) is 0 Å². The van der Waals surface area contributed by atoms with Gasteiger partial charge in [0.2, 0.25) is 11.8 Å². The summed E-state index contributed by atoms with van der Waals surface area (Å²) in [7, 11) is 0. The second-order valence-corrected chi connectivity index (χ2v) is 9.12. The molecule has 0 saturated carbocycles. The molecular formula is C24H33N5O3. The van der Waals surface area contributed by atoms with Crippen LogP contribution in [0, 0.1) is 24.2 Å². The smallest absolute Gasteiger partial charge is 0.334 e. The van der Waals surface area contributed by atoms with E-state index in [0.29, 0.717) is 13.1 Å². The van der Waals surface area contributed by atoms with Gasteiger partial charge in [-0.05, 0) is 17.4 Å². The number of urea groups is 1. The Morgan fingerprint density at radius 3 is 2.47 bits per heavy atom. The highest BCUT2D eigenvalue weighted by Gasteiger charge is 2.52. The lowest BCUT2D eigenvalue weighted by Gasteiger charge is -2.55. The van der Waals surface area contributed by atoms with Crippen molar-refractivity contribution in [2.75, 3.05) is 26.2 Å². The number of carbonyl (C=O) groups is 3. The van der Waals surface area contributed by atoms with E-state index in [1.807, 2.05) is 58.0 Å². The van der Waals surface area contributed by atoms with Crippen LogP contribution in [-0.4, -0.2) is 76.0 Å². The predicted molar refractivity (Wildman–Crippen MR) is 122 cm³/mol. The quantitative estimate of drug-likeness (QED) is 0.685. The Hall–Kier alpha value is -3.05. The fourth-order valence-electron chi connectivity index (χ4n) is 4.45. The summed E-state index contributed by atoms with van der Waals surface area (Å²) in [5.41, 5.74) is 0.967. The molecule has 4 amide bonds. The summed E-state index contributed by atoms with van der Waals surface area (Å²) in [5, 5.41) is 6.09. The highest BCUT2D eigenvalue weighted by atomic mass is 16.2. The molecule has 2 aliphatic rings. The zero-order valence-corrected chi connectivity index (χ0v) is 19.3. The van der Waals surface area contributed by atoms with Gasteiger partial charge < -0.3 is 15.1 Å². The Morgan fingerprint density at radius 2 is 1.88 bits per heavy atom. The van der Waals surface area contributed by atoms with Crippen molar-refractivity contribution in [2.45, 2.75) is 46.4 Å². The molecule has 32 heavy (non-hydrogen) atoms. The number of rotatable bonds is 6. The molecule has 2 fully saturated rings. The molecule has 0 unspecified atom stereocenters. The lowest BCUT2D eigenvalue weighted by molar-refractivity contribution is -0.192. The lowest BCUT2D eigenvalue weighted by atomic mass is 9.95. The fraction of sp³-hybridized carbons (Fsp3) is 0.542. The average molecular weight is 440 g/mol. The van der Waals surface area contributed by atoms with E-state index in [1.165, 1.54) is 0 Å². The standard InChI is InChI=1S/C24H33N5O3/c1-6-12-27-16-21(30)28-20(15-26(14-17(2)3)23(31)22(28)18(4)5)29(27)24(32)25-13-19-10-8-7-9-11-19/h1,7-11,17-18,20,22H,12-16H2,2-5H3,(H,25,32)/t20-,22-/m0/s1. The Labute approximate surface area is 190 Å². The summed E-state index contributed by atoms with van der Waals surface area (Å²) in [6.45, 7) is 9.21. The van der Waals surface area contributed by atoms with Crippen molar-refractivity contribution >= 4 is 17.8 Å². The minimum atomic E-state index is -0.614. The fourth-order valence-corrected chi connectivity index (χ4v) is 4.45. The third-order valence-electron chi connectivity index (χ3n) is 5.75. The van der Waals surface area contributed by atoms with Crippen LogP contribution in [0.3, 0.4) is 0 Å². The highest BCUT2D eigenvalue weighted by molar-refractivity contribution is 5.91. The number of benzene rings is 1. The summed E-state index contributed by atoms with van der Waals surface area (Å²) < 4.78 is 0. The van der Waals surface area contributed by atoms with Crippen LogP contribution in [0.2, 0.25) is 0 Å². The molecule has 8 nitrogen and oxygen atoms in total. The van der Waals surface area contributed by atoms with Gasteiger partial charge in [-0.15, -0.1) is 6.42 Å². The topological polar surface area (TPSA) is 76.2 Å². The second-order valence-electron chi connectivity index (χ2n) is 9.12. The maximum Gasteiger partial charge on any atom is 0.334 e. The number of amides is 4. The number of nitrogens with one attached hydrogen (secondary N) is 1. The van der Waals surface area contributed by atoms with Crippen molar-refractivity contribution in [1.29, 1.82) is 0 Å². The van der Waals surface area contributed by atoms with E-state index in [0.717, 1.165) is 5.56 Å². The van der Waals surface area contributed by atoms with Gasteiger partial charge >= 0.3 is 6.03 Å². The molecule has 0 bridgehead atoms. The molecular weight excluding hydrogens is 406 g/mol. The number of hydrogen-bond acceptors (Lipinski definition) is 4. The summed E-state index contributed by atoms with van der Waals surface area (Å²) in [4.78, 5) is 43.1. The number of fused-ring (bicyclic) bond motifs is 1. The third-order valence-corrected chi connectivity index (χ3v) is 5.75. The maximum absolute atomic E-state index is 13.4. The van der Waals surface area contributed by atoms with Gasteiger partial charge in [-0.1, -0.05) is 63.9 Å². The SMILES string of the molecule is C#CCN1CC(=O)N2[C@@H](C(C)C)C(=O)N(CC(C)C)C[C@@H]2N1C(=O)NCc1ccccc1. The molecule has 0 aromatic heterocycles. The van der Waals surface area contributed by atoms with Gasteiger partial charge in [0.05, 0.1) is 19.6 Å². The van der Waals surface area contributed by atoms with E-state index in [1.54, 1.807) is 19.8 Å². The molecule has 1 aromatic rings. The van der Waals surface area contributed by atoms with Crippen LogP contribution in [0.15, 0.2) is 30.3 Å². The molecule has 0 aliphatic carbocycles. The highest BCUT2D eigenvalue weighted by Crippen LogP contribution is 2.30. The van der Waals surface area contributed by atoms with E-state index in [4.69, 9.17) is 6.42 Å². The Balaban J connectivity index is 1.92. The molecule has 2 aliphatic heterocycles. The number of terminal acetylenes is 1. The van der Waals surface area contributed by atoms with Crippen LogP contribution < -0.4 is 5.32 Å². The monoisotopic (exact) mass is 439 g/mol. The molecule has 172 valence electrons. The van der Waals surface area contributed by atoms with Crippen LogP contribution in [0.5, 0.6) is 0 Å². The number of hydrazine groups is 1. The average Bonchev–Trinajstić information content (AvgIpc) is 2.73. The third kappa shape index (κ3) is 4.89. The molecule has 2 heterocycles. The van der Waals surface area contributed by atoms with Crippen molar-refractivity contribution < 1.29 is 14.4 Å². The van der Waals surface area contributed by atoms with Crippen LogP contribution >= 0.6 is 0 Å². The van der Waals surface area contributed by atoms with Crippen molar-refractivity contribution in [3.63, 3.8) is 0 Å². The molecule has 3 rings (SSSR count). The van der Waals surface area contributed by atoms with Gasteiger partial charge in [0.1, 0.15) is 12.2 Å². The molecule has 8 heteroatoms. The first-order valence-corrected chi connectivity index (χ1v) is 11.1. The van der Waals surface area contributed by atoms with Crippen molar-refractivity contribution in [3.05, 3.63) is 35.9 Å². The molecule has 2 saturated heterocycles. The van der Waals surface area contributed by atoms with E-state index in [2.05, 4.69) is 11.2 Å². The number of nitrogens with zero attached hydrogens (tertiary/aromatic N) is 4. The van der Waals surface area contributed by atoms with E-state index in [9.17, 15) is 14.4 Å². The van der Waals surface area contributed by atoms with Crippen LogP contribution in [0.1, 0.15) is 33.3 Å². The molecule has 2 atom stereocenters. The van der Waals surface area contributed by atoms with E-state index >= 15 is 0 Å². The maximum atomic E-state index is 13.4. The van der Waals surface area contributed by atoms with Gasteiger partial charge in [-0.3, -0.25) is 9.59 Å². The number of carbonyl (C=O) groups excluding carboxylic acids is 3. The van der Waals surface area contributed by atoms with Gasteiger partial charge in [0, 0.05) is 13.1 Å². The number of hydrogen-bond donors (Lipinski definition) is 1. The predicted octanol–water partition coefficient (Wildman–Crippen LogP) is 1.74. The first-order valence-electron chi connectivity index (χ1n) is 11.1. The summed E-state index contributed by atoms with van der Waals surface area (Å²) in [5.74, 6) is 2.48. The molecule has 1 N–H and O–H groups in total. The molecule has 1 aromatic carbocycles. The van der Waals surface area contributed by atoms with Crippen molar-refractivity contribution in [1.82, 2.24) is 25.1 Å².